The Morgan fingerprint density at radius 2 is 1.76 bits per heavy atom. The molecule has 1 aromatic heterocycles. The zero-order valence-corrected chi connectivity index (χ0v) is 14.6. The van der Waals surface area contributed by atoms with Gasteiger partial charge in [-0.05, 0) is 0 Å². The molecule has 0 bridgehead atoms. The molecular weight excluding hydrogens is 357 g/mol. The van der Waals surface area contributed by atoms with Gasteiger partial charge in [0.2, 0.25) is 5.91 Å². The number of ether oxygens (including phenoxy) is 1. The number of amides is 1. The average Bonchev–Trinajstić information content (AvgIpc) is 3.06. The molecule has 10 heteroatoms. The Kier molecular flexibility index (Phi) is 5.92. The van der Waals surface area contributed by atoms with E-state index in [0.29, 0.717) is 55.7 Å². The summed E-state index contributed by atoms with van der Waals surface area (Å²) in [5.41, 5.74) is 0. The van der Waals surface area contributed by atoms with Crippen LogP contribution < -0.4 is 0 Å². The lowest BCUT2D eigenvalue weighted by molar-refractivity contribution is -0.137. The second-order valence-corrected chi connectivity index (χ2v) is 7.28. The van der Waals surface area contributed by atoms with Crippen LogP contribution in [-0.4, -0.2) is 84.6 Å². The molecule has 0 atom stereocenters. The number of piperazine rings is 1. The molecule has 0 aliphatic carbocycles. The minimum Gasteiger partial charge on any atom is -0.378 e. The number of halogens is 3. The fourth-order valence-electron chi connectivity index (χ4n) is 2.92. The van der Waals surface area contributed by atoms with Crippen LogP contribution in [0, 0.1) is 0 Å². The van der Waals surface area contributed by atoms with E-state index in [-0.39, 0.29) is 5.91 Å². The predicted molar refractivity (Wildman–Crippen MR) is 86.2 cm³/mol. The van der Waals surface area contributed by atoms with Crippen molar-refractivity contribution in [1.29, 1.82) is 0 Å². The maximum atomic E-state index is 12.6. The number of rotatable bonds is 4. The molecule has 2 fully saturated rings. The Morgan fingerprint density at radius 1 is 1.12 bits per heavy atom. The van der Waals surface area contributed by atoms with E-state index in [1.807, 2.05) is 4.90 Å². The highest BCUT2D eigenvalue weighted by Gasteiger charge is 2.33. The molecule has 2 aliphatic rings. The standard InChI is InChI=1S/C15H21F3N4O2S/c16-15(17,18)12-9-19-13(25-12)10-20-1-3-21(4-2-20)11-14(23)22-5-7-24-8-6-22/h9H,1-8,10-11H2. The van der Waals surface area contributed by atoms with Gasteiger partial charge in [-0.15, -0.1) is 11.3 Å². The molecular formula is C15H21F3N4O2S. The summed E-state index contributed by atoms with van der Waals surface area (Å²) in [5.74, 6) is 0.117. The second kappa shape index (κ2) is 7.98. The van der Waals surface area contributed by atoms with Crippen LogP contribution >= 0.6 is 11.3 Å². The van der Waals surface area contributed by atoms with Crippen LogP contribution in [0.2, 0.25) is 0 Å². The Bertz CT molecular complexity index is 582. The molecule has 6 nitrogen and oxygen atoms in total. The van der Waals surface area contributed by atoms with Crippen molar-refractivity contribution in [1.82, 2.24) is 19.7 Å². The van der Waals surface area contributed by atoms with E-state index >= 15 is 0 Å². The number of hydrogen-bond donors (Lipinski definition) is 0. The fourth-order valence-corrected chi connectivity index (χ4v) is 3.74. The summed E-state index contributed by atoms with van der Waals surface area (Å²) in [7, 11) is 0. The van der Waals surface area contributed by atoms with Gasteiger partial charge < -0.3 is 9.64 Å². The quantitative estimate of drug-likeness (QED) is 0.787. The van der Waals surface area contributed by atoms with E-state index in [1.165, 1.54) is 0 Å². The third-order valence-corrected chi connectivity index (χ3v) is 5.41. The number of thiazole rings is 1. The van der Waals surface area contributed by atoms with Gasteiger partial charge in [0.15, 0.2) is 0 Å². The van der Waals surface area contributed by atoms with Crippen LogP contribution in [0.15, 0.2) is 6.20 Å². The van der Waals surface area contributed by atoms with Crippen molar-refractivity contribution in [2.24, 2.45) is 0 Å². The zero-order chi connectivity index (χ0) is 17.9. The molecule has 140 valence electrons. The number of alkyl halides is 3. The van der Waals surface area contributed by atoms with Gasteiger partial charge in [0.05, 0.1) is 32.5 Å². The maximum Gasteiger partial charge on any atom is 0.427 e. The molecule has 0 spiro atoms. The van der Waals surface area contributed by atoms with Gasteiger partial charge in [0.1, 0.15) is 9.88 Å². The first-order valence-electron chi connectivity index (χ1n) is 8.24. The molecule has 0 radical (unpaired) electrons. The molecule has 3 heterocycles. The first-order chi connectivity index (χ1) is 11.9. The largest absolute Gasteiger partial charge is 0.427 e. The summed E-state index contributed by atoms with van der Waals surface area (Å²) in [6, 6.07) is 0. The van der Waals surface area contributed by atoms with Crippen LogP contribution in [0.25, 0.3) is 0 Å². The van der Waals surface area contributed by atoms with Crippen LogP contribution in [0.4, 0.5) is 13.2 Å². The monoisotopic (exact) mass is 378 g/mol. The molecule has 2 saturated heterocycles. The van der Waals surface area contributed by atoms with Gasteiger partial charge in [-0.3, -0.25) is 14.6 Å². The molecule has 3 rings (SSSR count). The summed E-state index contributed by atoms with van der Waals surface area (Å²) in [6.45, 7) is 6.18. The van der Waals surface area contributed by atoms with Crippen molar-refractivity contribution in [3.63, 3.8) is 0 Å². The van der Waals surface area contributed by atoms with Crippen LogP contribution in [0.1, 0.15) is 9.88 Å². The number of aromatic nitrogens is 1. The highest BCUT2D eigenvalue weighted by molar-refractivity contribution is 7.11. The van der Waals surface area contributed by atoms with Gasteiger partial charge >= 0.3 is 6.18 Å². The summed E-state index contributed by atoms with van der Waals surface area (Å²) < 4.78 is 43.1. The zero-order valence-electron chi connectivity index (χ0n) is 13.8. The number of hydrogen-bond acceptors (Lipinski definition) is 6. The van der Waals surface area contributed by atoms with E-state index < -0.39 is 11.1 Å². The van der Waals surface area contributed by atoms with Crippen molar-refractivity contribution in [2.45, 2.75) is 12.7 Å². The molecule has 1 amide bonds. The molecule has 0 N–H and O–H groups in total. The smallest absolute Gasteiger partial charge is 0.378 e. The summed E-state index contributed by atoms with van der Waals surface area (Å²) in [6.07, 6.45) is -3.42. The molecule has 0 aromatic carbocycles. The second-order valence-electron chi connectivity index (χ2n) is 6.16. The average molecular weight is 378 g/mol. The Morgan fingerprint density at radius 3 is 2.36 bits per heavy atom. The highest BCUT2D eigenvalue weighted by atomic mass is 32.1. The van der Waals surface area contributed by atoms with Crippen molar-refractivity contribution in [3.8, 4) is 0 Å². The third-order valence-electron chi connectivity index (χ3n) is 4.38. The van der Waals surface area contributed by atoms with Gasteiger partial charge in [-0.2, -0.15) is 13.2 Å². The third kappa shape index (κ3) is 5.13. The topological polar surface area (TPSA) is 48.9 Å². The number of nitrogens with zero attached hydrogens (tertiary/aromatic N) is 4. The molecule has 25 heavy (non-hydrogen) atoms. The van der Waals surface area contributed by atoms with Crippen LogP contribution in [0.3, 0.4) is 0 Å². The Balaban J connectivity index is 1.42. The van der Waals surface area contributed by atoms with Gasteiger partial charge in [0, 0.05) is 39.3 Å². The minimum absolute atomic E-state index is 0.117. The summed E-state index contributed by atoms with van der Waals surface area (Å²) in [5, 5.41) is 0.477. The lowest BCUT2D eigenvalue weighted by Gasteiger charge is -2.35. The molecule has 2 aliphatic heterocycles. The Labute approximate surface area is 148 Å². The number of carbonyl (C=O) groups excluding carboxylic acids is 1. The fraction of sp³-hybridized carbons (Fsp3) is 0.733. The molecule has 0 saturated carbocycles. The number of morpholine rings is 1. The Hall–Kier alpha value is -1.23. The maximum absolute atomic E-state index is 12.6. The summed E-state index contributed by atoms with van der Waals surface area (Å²) in [4.78, 5) is 21.5. The van der Waals surface area contributed by atoms with E-state index in [0.717, 1.165) is 32.4 Å². The lowest BCUT2D eigenvalue weighted by atomic mass is 10.3. The van der Waals surface area contributed by atoms with Gasteiger partial charge in [0.25, 0.3) is 0 Å². The highest BCUT2D eigenvalue weighted by Crippen LogP contribution is 2.33. The van der Waals surface area contributed by atoms with Crippen molar-refractivity contribution < 1.29 is 22.7 Å². The van der Waals surface area contributed by atoms with Crippen molar-refractivity contribution in [2.75, 3.05) is 59.0 Å². The van der Waals surface area contributed by atoms with Crippen molar-refractivity contribution >= 4 is 17.2 Å². The normalized spacial score (nSPS) is 20.8. The first kappa shape index (κ1) is 18.6. The van der Waals surface area contributed by atoms with Crippen LogP contribution in [0.5, 0.6) is 0 Å². The SMILES string of the molecule is O=C(CN1CCN(Cc2ncc(C(F)(F)F)s2)CC1)N1CCOCC1. The minimum atomic E-state index is -4.32. The predicted octanol–water partition coefficient (Wildman–Crippen LogP) is 1.14. The lowest BCUT2D eigenvalue weighted by Crippen LogP contribution is -2.51. The van der Waals surface area contributed by atoms with E-state index in [9.17, 15) is 18.0 Å². The molecule has 1 aromatic rings. The number of carbonyl (C=O) groups is 1. The van der Waals surface area contributed by atoms with E-state index in [1.54, 1.807) is 0 Å². The first-order valence-corrected chi connectivity index (χ1v) is 9.05. The van der Waals surface area contributed by atoms with Crippen LogP contribution in [-0.2, 0) is 22.3 Å². The van der Waals surface area contributed by atoms with Gasteiger partial charge in [-0.1, -0.05) is 0 Å². The van der Waals surface area contributed by atoms with Gasteiger partial charge in [-0.25, -0.2) is 4.98 Å². The summed E-state index contributed by atoms with van der Waals surface area (Å²) >= 11 is 0.700. The van der Waals surface area contributed by atoms with E-state index in [4.69, 9.17) is 4.74 Å². The van der Waals surface area contributed by atoms with Crippen molar-refractivity contribution in [3.05, 3.63) is 16.1 Å². The van der Waals surface area contributed by atoms with E-state index in [2.05, 4.69) is 14.8 Å². The molecule has 0 unspecified atom stereocenters.